The molecule has 0 saturated heterocycles. The van der Waals surface area contributed by atoms with Crippen molar-refractivity contribution in [2.24, 2.45) is 0 Å². The van der Waals surface area contributed by atoms with Gasteiger partial charge in [-0.15, -0.1) is 0 Å². The van der Waals surface area contributed by atoms with E-state index < -0.39 is 0 Å². The van der Waals surface area contributed by atoms with Crippen LogP contribution in [-0.2, 0) is 4.74 Å². The third kappa shape index (κ3) is 5.33. The van der Waals surface area contributed by atoms with E-state index in [2.05, 4.69) is 56.4 Å². The van der Waals surface area contributed by atoms with Gasteiger partial charge in [0.2, 0.25) is 0 Å². The number of benzene rings is 1. The summed E-state index contributed by atoms with van der Waals surface area (Å²) in [5, 5.41) is 3.45. The summed E-state index contributed by atoms with van der Waals surface area (Å²) in [6.07, 6.45) is 1.16. The topological polar surface area (TPSA) is 21.3 Å². The number of ether oxygens (including phenoxy) is 1. The third-order valence-corrected chi connectivity index (χ3v) is 3.23. The van der Waals surface area contributed by atoms with Gasteiger partial charge in [-0.3, -0.25) is 0 Å². The van der Waals surface area contributed by atoms with Crippen molar-refractivity contribution in [1.29, 1.82) is 0 Å². The average molecular weight is 235 g/mol. The van der Waals surface area contributed by atoms with Crippen molar-refractivity contribution in [2.45, 2.75) is 38.7 Å². The molecule has 0 bridgehead atoms. The Balaban J connectivity index is 2.24. The van der Waals surface area contributed by atoms with Crippen LogP contribution in [0.25, 0.3) is 0 Å². The highest BCUT2D eigenvalue weighted by Crippen LogP contribution is 2.17. The zero-order valence-electron chi connectivity index (χ0n) is 11.5. The van der Waals surface area contributed by atoms with Crippen molar-refractivity contribution in [3.05, 3.63) is 35.9 Å². The molecule has 0 spiro atoms. The molecule has 0 aromatic heterocycles. The van der Waals surface area contributed by atoms with Crippen molar-refractivity contribution in [1.82, 2.24) is 5.32 Å². The first-order valence-electron chi connectivity index (χ1n) is 6.36. The maximum atomic E-state index is 5.37. The maximum Gasteiger partial charge on any atom is 0.0746 e. The van der Waals surface area contributed by atoms with E-state index in [0.29, 0.717) is 5.92 Å². The summed E-state index contributed by atoms with van der Waals surface area (Å²) >= 11 is 0. The Morgan fingerprint density at radius 1 is 1.24 bits per heavy atom. The van der Waals surface area contributed by atoms with E-state index in [1.54, 1.807) is 7.11 Å². The molecule has 0 radical (unpaired) electrons. The fourth-order valence-electron chi connectivity index (χ4n) is 1.73. The highest BCUT2D eigenvalue weighted by Gasteiger charge is 2.15. The van der Waals surface area contributed by atoms with Gasteiger partial charge >= 0.3 is 0 Å². The van der Waals surface area contributed by atoms with Crippen LogP contribution < -0.4 is 5.32 Å². The molecule has 1 aromatic carbocycles. The van der Waals surface area contributed by atoms with Gasteiger partial charge in [0.1, 0.15) is 0 Å². The van der Waals surface area contributed by atoms with Crippen molar-refractivity contribution in [3.63, 3.8) is 0 Å². The van der Waals surface area contributed by atoms with Gasteiger partial charge in [0.25, 0.3) is 0 Å². The van der Waals surface area contributed by atoms with Crippen LogP contribution in [-0.4, -0.2) is 25.8 Å². The SMILES string of the molecule is COC(C)(C)CNCCC(C)c1ccccc1. The maximum absolute atomic E-state index is 5.37. The van der Waals surface area contributed by atoms with Crippen molar-refractivity contribution < 1.29 is 4.74 Å². The third-order valence-electron chi connectivity index (χ3n) is 3.23. The van der Waals surface area contributed by atoms with Gasteiger partial charge in [0.15, 0.2) is 0 Å². The molecule has 0 aliphatic heterocycles. The molecule has 17 heavy (non-hydrogen) atoms. The molecular weight excluding hydrogens is 210 g/mol. The molecule has 1 N–H and O–H groups in total. The first-order valence-corrected chi connectivity index (χ1v) is 6.36. The largest absolute Gasteiger partial charge is 0.377 e. The van der Waals surface area contributed by atoms with Gasteiger partial charge in [-0.1, -0.05) is 37.3 Å². The summed E-state index contributed by atoms with van der Waals surface area (Å²) in [7, 11) is 1.76. The van der Waals surface area contributed by atoms with Gasteiger partial charge < -0.3 is 10.1 Å². The molecule has 1 aromatic rings. The van der Waals surface area contributed by atoms with Gasteiger partial charge in [-0.25, -0.2) is 0 Å². The van der Waals surface area contributed by atoms with Crippen LogP contribution >= 0.6 is 0 Å². The number of nitrogens with one attached hydrogen (secondary N) is 1. The number of rotatable bonds is 7. The summed E-state index contributed by atoms with van der Waals surface area (Å²) in [5.41, 5.74) is 1.34. The van der Waals surface area contributed by atoms with Crippen LogP contribution in [0.3, 0.4) is 0 Å². The van der Waals surface area contributed by atoms with Crippen LogP contribution in [0.15, 0.2) is 30.3 Å². The van der Waals surface area contributed by atoms with E-state index in [0.717, 1.165) is 19.5 Å². The summed E-state index contributed by atoms with van der Waals surface area (Å²) in [6.45, 7) is 8.40. The van der Waals surface area contributed by atoms with Gasteiger partial charge in [0, 0.05) is 13.7 Å². The second-order valence-electron chi connectivity index (χ2n) is 5.24. The number of hydrogen-bond donors (Lipinski definition) is 1. The Morgan fingerprint density at radius 2 is 1.88 bits per heavy atom. The summed E-state index contributed by atoms with van der Waals surface area (Å²) in [5.74, 6) is 0.606. The molecule has 1 rings (SSSR count). The Bertz CT molecular complexity index is 308. The fourth-order valence-corrected chi connectivity index (χ4v) is 1.73. The van der Waals surface area contributed by atoms with Gasteiger partial charge in [0.05, 0.1) is 5.60 Å². The van der Waals surface area contributed by atoms with Crippen molar-refractivity contribution in [3.8, 4) is 0 Å². The van der Waals surface area contributed by atoms with E-state index in [1.807, 2.05) is 0 Å². The molecule has 0 saturated carbocycles. The monoisotopic (exact) mass is 235 g/mol. The minimum Gasteiger partial charge on any atom is -0.377 e. The molecule has 2 heteroatoms. The Labute approximate surface area is 105 Å². The lowest BCUT2D eigenvalue weighted by Crippen LogP contribution is -2.37. The molecule has 1 unspecified atom stereocenters. The van der Waals surface area contributed by atoms with Crippen LogP contribution in [0.5, 0.6) is 0 Å². The lowest BCUT2D eigenvalue weighted by Gasteiger charge is -2.23. The standard InChI is InChI=1S/C15H25NO/c1-13(14-8-6-5-7-9-14)10-11-16-12-15(2,3)17-4/h5-9,13,16H,10-12H2,1-4H3. The van der Waals surface area contributed by atoms with Crippen LogP contribution in [0.1, 0.15) is 38.7 Å². The van der Waals surface area contributed by atoms with Crippen molar-refractivity contribution >= 4 is 0 Å². The molecule has 2 nitrogen and oxygen atoms in total. The van der Waals surface area contributed by atoms with E-state index in [9.17, 15) is 0 Å². The normalized spacial score (nSPS) is 13.6. The minimum atomic E-state index is -0.0734. The second kappa shape index (κ2) is 6.77. The smallest absolute Gasteiger partial charge is 0.0746 e. The summed E-state index contributed by atoms with van der Waals surface area (Å²) < 4.78 is 5.37. The first-order chi connectivity index (χ1) is 8.05. The van der Waals surface area contributed by atoms with Crippen molar-refractivity contribution in [2.75, 3.05) is 20.2 Å². The predicted octanol–water partition coefficient (Wildman–Crippen LogP) is 3.19. The molecule has 0 fully saturated rings. The lowest BCUT2D eigenvalue weighted by atomic mass is 9.98. The van der Waals surface area contributed by atoms with Gasteiger partial charge in [-0.2, -0.15) is 0 Å². The zero-order chi connectivity index (χ0) is 12.7. The van der Waals surface area contributed by atoms with E-state index in [1.165, 1.54) is 5.56 Å². The molecular formula is C15H25NO. The van der Waals surface area contributed by atoms with Crippen LogP contribution in [0.2, 0.25) is 0 Å². The quantitative estimate of drug-likeness (QED) is 0.733. The number of hydrogen-bond acceptors (Lipinski definition) is 2. The lowest BCUT2D eigenvalue weighted by molar-refractivity contribution is 0.0233. The number of methoxy groups -OCH3 is 1. The van der Waals surface area contributed by atoms with E-state index >= 15 is 0 Å². The van der Waals surface area contributed by atoms with E-state index in [4.69, 9.17) is 4.74 Å². The Kier molecular flexibility index (Phi) is 5.66. The molecule has 0 aliphatic carbocycles. The second-order valence-corrected chi connectivity index (χ2v) is 5.24. The Morgan fingerprint density at radius 3 is 2.47 bits per heavy atom. The highest BCUT2D eigenvalue weighted by molar-refractivity contribution is 5.18. The zero-order valence-corrected chi connectivity index (χ0v) is 11.5. The molecule has 1 atom stereocenters. The molecule has 96 valence electrons. The average Bonchev–Trinajstić information content (AvgIpc) is 2.35. The van der Waals surface area contributed by atoms with E-state index in [-0.39, 0.29) is 5.60 Å². The minimum absolute atomic E-state index is 0.0734. The Hall–Kier alpha value is -0.860. The summed E-state index contributed by atoms with van der Waals surface area (Å²) in [6, 6.07) is 10.7. The van der Waals surface area contributed by atoms with Crippen LogP contribution in [0, 0.1) is 0 Å². The molecule has 0 heterocycles. The van der Waals surface area contributed by atoms with Gasteiger partial charge in [-0.05, 0) is 38.3 Å². The molecule has 0 amide bonds. The fraction of sp³-hybridized carbons (Fsp3) is 0.600. The van der Waals surface area contributed by atoms with Crippen LogP contribution in [0.4, 0.5) is 0 Å². The predicted molar refractivity (Wildman–Crippen MR) is 73.4 cm³/mol. The summed E-state index contributed by atoms with van der Waals surface area (Å²) in [4.78, 5) is 0. The first kappa shape index (κ1) is 14.2. The highest BCUT2D eigenvalue weighted by atomic mass is 16.5. The molecule has 0 aliphatic rings.